The molecular formula is C67H59IrN3OSi-2. The summed E-state index contributed by atoms with van der Waals surface area (Å²) in [5.41, 5.74) is 19.3. The zero-order valence-corrected chi connectivity index (χ0v) is 45.5. The molecule has 11 aromatic rings. The maximum absolute atomic E-state index is 6.78. The second kappa shape index (κ2) is 20.5. The van der Waals surface area contributed by atoms with E-state index in [4.69, 9.17) is 14.4 Å². The summed E-state index contributed by atoms with van der Waals surface area (Å²) < 4.78 is 9.15. The summed E-state index contributed by atoms with van der Waals surface area (Å²) in [6.45, 7) is 9.17. The minimum Gasteiger partial charge on any atom is -0.501 e. The van der Waals surface area contributed by atoms with Gasteiger partial charge in [0.1, 0.15) is 5.58 Å². The molecule has 3 aromatic heterocycles. The number of pyridine rings is 1. The maximum Gasteiger partial charge on any atom is 0.121 e. The predicted molar refractivity (Wildman–Crippen MR) is 303 cm³/mol. The van der Waals surface area contributed by atoms with Gasteiger partial charge in [-0.1, -0.05) is 197 Å². The molecule has 5 heterocycles. The van der Waals surface area contributed by atoms with Crippen LogP contribution in [0.25, 0.3) is 94.7 Å². The van der Waals surface area contributed by atoms with Gasteiger partial charge in [-0.25, -0.2) is 0 Å². The first-order chi connectivity index (χ1) is 35.3. The van der Waals surface area contributed by atoms with Crippen LogP contribution < -0.4 is 5.19 Å². The van der Waals surface area contributed by atoms with E-state index in [2.05, 4.69) is 208 Å². The largest absolute Gasteiger partial charge is 0.501 e. The molecule has 0 atom stereocenters. The first-order valence-corrected chi connectivity index (χ1v) is 28.6. The van der Waals surface area contributed by atoms with Crippen molar-refractivity contribution in [3.05, 3.63) is 217 Å². The zero-order valence-electron chi connectivity index (χ0n) is 42.1. The molecule has 8 aromatic carbocycles. The van der Waals surface area contributed by atoms with Gasteiger partial charge in [0.05, 0.1) is 30.5 Å². The van der Waals surface area contributed by atoms with E-state index < -0.39 is 8.07 Å². The molecule has 1 saturated heterocycles. The summed E-state index contributed by atoms with van der Waals surface area (Å²) in [4.78, 5) is 10.1. The Morgan fingerprint density at radius 2 is 1.18 bits per heavy atom. The van der Waals surface area contributed by atoms with Crippen molar-refractivity contribution in [3.63, 3.8) is 0 Å². The summed E-state index contributed by atoms with van der Waals surface area (Å²) in [5, 5.41) is 3.84. The number of aromatic nitrogens is 3. The summed E-state index contributed by atoms with van der Waals surface area (Å²) in [6.07, 6.45) is 7.82. The Bertz CT molecular complexity index is 3690. The van der Waals surface area contributed by atoms with Crippen molar-refractivity contribution >= 4 is 46.2 Å². The first kappa shape index (κ1) is 48.3. The Labute approximate surface area is 444 Å². The third kappa shape index (κ3) is 9.16. The molecule has 2 aliphatic rings. The average molecular weight is 1140 g/mol. The minimum absolute atomic E-state index is 0. The number of benzene rings is 8. The first-order valence-electron chi connectivity index (χ1n) is 26.0. The van der Waals surface area contributed by atoms with Gasteiger partial charge in [0.15, 0.2) is 0 Å². The smallest absolute Gasteiger partial charge is 0.121 e. The van der Waals surface area contributed by atoms with Crippen molar-refractivity contribution in [2.45, 2.75) is 83.3 Å². The quantitative estimate of drug-likeness (QED) is 0.112. The molecule has 6 heteroatoms. The van der Waals surface area contributed by atoms with Gasteiger partial charge in [0.25, 0.3) is 0 Å². The van der Waals surface area contributed by atoms with Crippen LogP contribution in [-0.4, -0.2) is 22.6 Å². The Morgan fingerprint density at radius 1 is 0.562 bits per heavy atom. The molecule has 4 nitrogen and oxygen atoms in total. The van der Waals surface area contributed by atoms with Crippen LogP contribution in [-0.2, 0) is 26.5 Å². The molecule has 2 aliphatic heterocycles. The van der Waals surface area contributed by atoms with Crippen molar-refractivity contribution in [2.75, 3.05) is 0 Å². The van der Waals surface area contributed by atoms with Crippen molar-refractivity contribution in [1.82, 2.24) is 14.5 Å². The summed E-state index contributed by atoms with van der Waals surface area (Å²) in [6, 6.07) is 75.8. The average Bonchev–Trinajstić information content (AvgIpc) is 4.17. The van der Waals surface area contributed by atoms with Crippen molar-refractivity contribution in [2.24, 2.45) is 0 Å². The number of imidazole rings is 1. The van der Waals surface area contributed by atoms with Crippen molar-refractivity contribution < 1.29 is 24.5 Å². The van der Waals surface area contributed by atoms with Gasteiger partial charge in [0.2, 0.25) is 0 Å². The fraction of sp³-hybridized carbons (Fsp3) is 0.194. The third-order valence-electron chi connectivity index (χ3n) is 15.5. The van der Waals surface area contributed by atoms with E-state index in [1.54, 1.807) is 10.8 Å². The van der Waals surface area contributed by atoms with Gasteiger partial charge < -0.3 is 14.0 Å². The van der Waals surface area contributed by atoms with E-state index in [0.717, 1.165) is 66.7 Å². The molecule has 0 unspecified atom stereocenters. The fourth-order valence-corrected chi connectivity index (χ4v) is 17.3. The number of rotatable bonds is 8. The Kier molecular flexibility index (Phi) is 13.6. The molecule has 13 rings (SSSR count). The van der Waals surface area contributed by atoms with Crippen LogP contribution in [0.1, 0.15) is 75.5 Å². The number of aryl methyl sites for hydroxylation is 1. The Hall–Kier alpha value is -6.95. The van der Waals surface area contributed by atoms with E-state index in [-0.39, 0.29) is 31.9 Å². The normalized spacial score (nSPS) is 13.9. The Balaban J connectivity index is 0.000000228. The molecule has 363 valence electrons. The molecule has 1 fully saturated rings. The van der Waals surface area contributed by atoms with Gasteiger partial charge in [-0.05, 0) is 104 Å². The molecule has 0 amide bonds. The number of hydrogen-bond acceptors (Lipinski definition) is 3. The predicted octanol–water partition coefficient (Wildman–Crippen LogP) is 17.6. The molecule has 0 N–H and O–H groups in total. The van der Waals surface area contributed by atoms with Crippen LogP contribution in [0.2, 0.25) is 18.1 Å². The fourth-order valence-electron chi connectivity index (χ4n) is 11.8. The number of nitrogens with zero attached hydrogens (tertiary/aromatic N) is 3. The van der Waals surface area contributed by atoms with Crippen LogP contribution in [0.4, 0.5) is 0 Å². The van der Waals surface area contributed by atoms with Gasteiger partial charge in [-0.2, -0.15) is 0 Å². The van der Waals surface area contributed by atoms with E-state index in [1.807, 2.05) is 24.3 Å². The molecule has 0 bridgehead atoms. The summed E-state index contributed by atoms with van der Waals surface area (Å²) >= 11 is 0. The van der Waals surface area contributed by atoms with Crippen LogP contribution >= 0.6 is 0 Å². The van der Waals surface area contributed by atoms with Gasteiger partial charge in [-0.3, -0.25) is 4.98 Å². The van der Waals surface area contributed by atoms with Gasteiger partial charge in [-0.15, -0.1) is 54.1 Å². The van der Waals surface area contributed by atoms with Crippen molar-refractivity contribution in [3.8, 4) is 61.7 Å². The number of furan rings is 1. The van der Waals surface area contributed by atoms with Crippen molar-refractivity contribution in [1.29, 1.82) is 0 Å². The van der Waals surface area contributed by atoms with Crippen LogP contribution in [0, 0.1) is 12.1 Å². The molecule has 1 spiro atoms. The second-order valence-electron chi connectivity index (χ2n) is 20.6. The van der Waals surface area contributed by atoms with Gasteiger partial charge >= 0.3 is 0 Å². The van der Waals surface area contributed by atoms with Crippen LogP contribution in [0.5, 0.6) is 0 Å². The molecule has 1 radical (unpaired) electrons. The Morgan fingerprint density at radius 3 is 1.86 bits per heavy atom. The number of para-hydroxylation sites is 2. The van der Waals surface area contributed by atoms with E-state index in [0.29, 0.717) is 0 Å². The molecule has 73 heavy (non-hydrogen) atoms. The van der Waals surface area contributed by atoms with Gasteiger partial charge in [0, 0.05) is 37.4 Å². The molecule has 0 aliphatic carbocycles. The monoisotopic (exact) mass is 1140 g/mol. The summed E-state index contributed by atoms with van der Waals surface area (Å²) in [7, 11) is -1.14. The number of hydrogen-bond donors (Lipinski definition) is 0. The topological polar surface area (TPSA) is 43.9 Å². The zero-order chi connectivity index (χ0) is 48.8. The molecular weight excluding hydrogens is 1080 g/mol. The molecule has 0 saturated carbocycles. The van der Waals surface area contributed by atoms with Crippen LogP contribution in [0.15, 0.2) is 193 Å². The third-order valence-corrected chi connectivity index (χ3v) is 21.0. The van der Waals surface area contributed by atoms with Crippen LogP contribution in [0.3, 0.4) is 0 Å². The number of fused-ring (bicyclic) bond motifs is 6. The van der Waals surface area contributed by atoms with E-state index in [9.17, 15) is 0 Å². The second-order valence-corrected chi connectivity index (χ2v) is 25.2. The van der Waals surface area contributed by atoms with E-state index >= 15 is 0 Å². The maximum atomic E-state index is 6.78. The SMILES string of the molecule is CC(C)c1cc(-c2ccc(-c3ccccc3)cc2)cc(C(C)C)c1-n1c(-c2[c-]ccc3c2oc2cc(-c4ccccc4)ccc23)nc2ccccc21.[Ir].[c-]1ccccc1-c1cc2c(cn1)[Si]1(CCCC1)CCC2. The standard InChI is InChI=1S/C49H39N2O.C18H20NSi.Ir/c1-31(2)42-28-38(36-24-22-35(23-25-36)33-14-7-5-8-15-33)29-43(32(3)4)47(42)51-45-21-12-11-20-44(45)50-49(51)41-19-13-18-40-39-27-26-37(30-46(39)52-48(40)41)34-16-9-6-10-17-34;1-2-7-15(8-3-1)17-13-16-9-6-12-20(10-4-5-11-20)18(16)14-19-17;/h5-18,20-32H,1-4H3;1-3,7,13-14H,4-6,9-12H2;/q2*-1;. The minimum atomic E-state index is -1.14. The summed E-state index contributed by atoms with van der Waals surface area (Å²) in [5.74, 6) is 1.35. The van der Waals surface area contributed by atoms with E-state index in [1.165, 1.54) is 82.9 Å².